The Labute approximate surface area is 156 Å². The van der Waals surface area contributed by atoms with Gasteiger partial charge in [-0.05, 0) is 42.7 Å². The van der Waals surface area contributed by atoms with Crippen LogP contribution in [0.4, 0.5) is 21.0 Å². The van der Waals surface area contributed by atoms with E-state index in [1.807, 2.05) is 0 Å². The second-order valence-electron chi connectivity index (χ2n) is 5.76. The van der Waals surface area contributed by atoms with Crippen molar-refractivity contribution in [2.75, 3.05) is 24.8 Å². The van der Waals surface area contributed by atoms with Gasteiger partial charge in [-0.3, -0.25) is 10.3 Å². The zero-order valence-corrected chi connectivity index (χ0v) is 14.8. The van der Waals surface area contributed by atoms with E-state index in [1.165, 1.54) is 7.11 Å². The summed E-state index contributed by atoms with van der Waals surface area (Å²) in [6, 6.07) is 7.99. The Morgan fingerprint density at radius 2 is 2.07 bits per heavy atom. The number of carbonyl (C=O) groups excluding carboxylic acids is 1. The number of hydrogen-bond donors (Lipinski definition) is 5. The predicted octanol–water partition coefficient (Wildman–Crippen LogP) is 2.59. The molecule has 0 aliphatic carbocycles. The van der Waals surface area contributed by atoms with E-state index in [4.69, 9.17) is 15.9 Å². The molecule has 9 nitrogen and oxygen atoms in total. The Balaban J connectivity index is 2.30. The van der Waals surface area contributed by atoms with Crippen molar-refractivity contribution in [2.24, 2.45) is 0 Å². The number of aliphatic hydroxyl groups is 1. The Morgan fingerprint density at radius 3 is 2.70 bits per heavy atom. The Hall–Kier alpha value is -3.33. The largest absolute Gasteiger partial charge is 0.465 e. The van der Waals surface area contributed by atoms with Crippen molar-refractivity contribution < 1.29 is 24.5 Å². The fraction of sp³-hybridized carbons (Fsp3) is 0.278. The van der Waals surface area contributed by atoms with Crippen LogP contribution in [0.1, 0.15) is 24.6 Å². The van der Waals surface area contributed by atoms with Gasteiger partial charge in [-0.15, -0.1) is 0 Å². The van der Waals surface area contributed by atoms with Crippen LogP contribution in [0.2, 0.25) is 0 Å². The van der Waals surface area contributed by atoms with Crippen LogP contribution in [-0.2, 0) is 4.74 Å². The van der Waals surface area contributed by atoms with Crippen LogP contribution >= 0.6 is 0 Å². The summed E-state index contributed by atoms with van der Waals surface area (Å²) in [4.78, 5) is 26.6. The standard InChI is InChI=1S/C18H22N4O5/c1-27-18(26)21-12-4-5-13(14(19)10-12)11-6-7-20-16(9-11)15(3-2-8-23)22-17(24)25/h4-7,9-10,15,22-23H,2-3,8,19H2,1H3,(H,21,26)(H,24,25)/t15-/m0/s1. The van der Waals surface area contributed by atoms with Gasteiger partial charge in [0.15, 0.2) is 0 Å². The highest BCUT2D eigenvalue weighted by molar-refractivity contribution is 5.87. The summed E-state index contributed by atoms with van der Waals surface area (Å²) in [7, 11) is 1.27. The van der Waals surface area contributed by atoms with E-state index in [0.717, 1.165) is 5.56 Å². The SMILES string of the molecule is COC(=O)Nc1ccc(-c2ccnc([C@H](CCCO)NC(=O)O)c2)c(N)c1. The van der Waals surface area contributed by atoms with Crippen LogP contribution in [0.25, 0.3) is 11.1 Å². The lowest BCUT2D eigenvalue weighted by atomic mass is 10.0. The van der Waals surface area contributed by atoms with Crippen LogP contribution < -0.4 is 16.4 Å². The topological polar surface area (TPSA) is 147 Å². The number of rotatable bonds is 7. The summed E-state index contributed by atoms with van der Waals surface area (Å²) in [6.45, 7) is -0.0426. The molecule has 27 heavy (non-hydrogen) atoms. The maximum absolute atomic E-state index is 11.3. The number of hydrogen-bond acceptors (Lipinski definition) is 6. The summed E-state index contributed by atoms with van der Waals surface area (Å²) in [6.07, 6.45) is 0.659. The van der Waals surface area contributed by atoms with Crippen LogP contribution in [0.15, 0.2) is 36.5 Å². The van der Waals surface area contributed by atoms with Crippen LogP contribution in [0, 0.1) is 0 Å². The van der Waals surface area contributed by atoms with E-state index in [2.05, 4.69) is 20.4 Å². The van der Waals surface area contributed by atoms with Gasteiger partial charge in [-0.1, -0.05) is 6.07 Å². The molecule has 0 aliphatic heterocycles. The van der Waals surface area contributed by atoms with Crippen molar-refractivity contribution >= 4 is 23.6 Å². The number of aliphatic hydroxyl groups excluding tert-OH is 1. The van der Waals surface area contributed by atoms with E-state index in [9.17, 15) is 9.59 Å². The van der Waals surface area contributed by atoms with Crippen molar-refractivity contribution in [3.8, 4) is 11.1 Å². The van der Waals surface area contributed by atoms with E-state index in [0.29, 0.717) is 35.5 Å². The molecule has 1 aromatic heterocycles. The van der Waals surface area contributed by atoms with Gasteiger partial charge in [-0.25, -0.2) is 9.59 Å². The molecule has 0 saturated carbocycles. The molecule has 0 spiro atoms. The number of ether oxygens (including phenoxy) is 1. The second kappa shape index (κ2) is 9.39. The predicted molar refractivity (Wildman–Crippen MR) is 100 cm³/mol. The number of benzene rings is 1. The molecule has 2 amide bonds. The summed E-state index contributed by atoms with van der Waals surface area (Å²) in [5, 5.41) is 23.0. The first kappa shape index (κ1) is 20.0. The van der Waals surface area contributed by atoms with Crippen molar-refractivity contribution in [3.05, 3.63) is 42.2 Å². The fourth-order valence-corrected chi connectivity index (χ4v) is 2.62. The van der Waals surface area contributed by atoms with Crippen LogP contribution in [-0.4, -0.2) is 41.1 Å². The molecule has 0 bridgehead atoms. The van der Waals surface area contributed by atoms with Crippen molar-refractivity contribution in [1.82, 2.24) is 10.3 Å². The zero-order valence-electron chi connectivity index (χ0n) is 14.8. The average molecular weight is 374 g/mol. The molecule has 0 unspecified atom stereocenters. The fourth-order valence-electron chi connectivity index (χ4n) is 2.62. The van der Waals surface area contributed by atoms with E-state index < -0.39 is 18.2 Å². The average Bonchev–Trinajstić information content (AvgIpc) is 2.65. The lowest BCUT2D eigenvalue weighted by Crippen LogP contribution is -2.27. The van der Waals surface area contributed by atoms with Gasteiger partial charge in [0.1, 0.15) is 0 Å². The monoisotopic (exact) mass is 374 g/mol. The number of nitrogens with zero attached hydrogens (tertiary/aromatic N) is 1. The normalized spacial score (nSPS) is 11.5. The molecule has 1 atom stereocenters. The van der Waals surface area contributed by atoms with Crippen molar-refractivity contribution in [2.45, 2.75) is 18.9 Å². The molecule has 6 N–H and O–H groups in total. The van der Waals surface area contributed by atoms with Gasteiger partial charge >= 0.3 is 12.2 Å². The molecule has 1 aromatic carbocycles. The van der Waals surface area contributed by atoms with Gasteiger partial charge < -0.3 is 26.0 Å². The first-order valence-corrected chi connectivity index (χ1v) is 8.25. The maximum atomic E-state index is 11.3. The third-order valence-electron chi connectivity index (χ3n) is 3.88. The minimum Gasteiger partial charge on any atom is -0.465 e. The molecule has 0 radical (unpaired) electrons. The maximum Gasteiger partial charge on any atom is 0.411 e. The van der Waals surface area contributed by atoms with Gasteiger partial charge in [0, 0.05) is 29.7 Å². The molecule has 2 aromatic rings. The number of nitrogens with two attached hydrogens (primary N) is 1. The molecule has 1 heterocycles. The summed E-state index contributed by atoms with van der Waals surface area (Å²) >= 11 is 0. The quantitative estimate of drug-likeness (QED) is 0.468. The number of pyridine rings is 1. The van der Waals surface area contributed by atoms with Crippen LogP contribution in [0.5, 0.6) is 0 Å². The summed E-state index contributed by atoms with van der Waals surface area (Å²) in [5.41, 5.74) is 9.02. The third-order valence-corrected chi connectivity index (χ3v) is 3.88. The first-order chi connectivity index (χ1) is 12.9. The van der Waals surface area contributed by atoms with E-state index in [1.54, 1.807) is 36.5 Å². The third kappa shape index (κ3) is 5.58. The lowest BCUT2D eigenvalue weighted by molar-refractivity contribution is 0.186. The smallest absolute Gasteiger partial charge is 0.411 e. The molecule has 0 aliphatic rings. The van der Waals surface area contributed by atoms with E-state index >= 15 is 0 Å². The highest BCUT2D eigenvalue weighted by Gasteiger charge is 2.16. The van der Waals surface area contributed by atoms with Gasteiger partial charge in [0.05, 0.1) is 18.8 Å². The molecule has 9 heteroatoms. The Morgan fingerprint density at radius 1 is 1.30 bits per heavy atom. The van der Waals surface area contributed by atoms with Crippen molar-refractivity contribution in [1.29, 1.82) is 0 Å². The zero-order chi connectivity index (χ0) is 19.8. The second-order valence-corrected chi connectivity index (χ2v) is 5.76. The number of nitrogen functional groups attached to an aromatic ring is 1. The van der Waals surface area contributed by atoms with Gasteiger partial charge in [-0.2, -0.15) is 0 Å². The molecule has 144 valence electrons. The Bertz CT molecular complexity index is 812. The van der Waals surface area contributed by atoms with Crippen LogP contribution in [0.3, 0.4) is 0 Å². The number of methoxy groups -OCH3 is 1. The minimum atomic E-state index is -1.16. The number of nitrogens with one attached hydrogen (secondary N) is 2. The van der Waals surface area contributed by atoms with Crippen molar-refractivity contribution in [3.63, 3.8) is 0 Å². The van der Waals surface area contributed by atoms with E-state index in [-0.39, 0.29) is 6.61 Å². The molecule has 0 saturated heterocycles. The summed E-state index contributed by atoms with van der Waals surface area (Å²) < 4.78 is 4.54. The Kier molecular flexibility index (Phi) is 6.95. The van der Waals surface area contributed by atoms with Gasteiger partial charge in [0.2, 0.25) is 0 Å². The number of carboxylic acid groups (broad SMARTS) is 1. The number of anilines is 2. The molecular weight excluding hydrogens is 352 g/mol. The highest BCUT2D eigenvalue weighted by Crippen LogP contribution is 2.30. The summed E-state index contributed by atoms with van der Waals surface area (Å²) in [5.74, 6) is 0. The number of aromatic nitrogens is 1. The lowest BCUT2D eigenvalue weighted by Gasteiger charge is -2.17. The molecular formula is C18H22N4O5. The number of carbonyl (C=O) groups is 2. The van der Waals surface area contributed by atoms with Gasteiger partial charge in [0.25, 0.3) is 0 Å². The highest BCUT2D eigenvalue weighted by atomic mass is 16.5. The minimum absolute atomic E-state index is 0.0426. The molecule has 0 fully saturated rings. The number of amides is 2. The molecule has 2 rings (SSSR count). The first-order valence-electron chi connectivity index (χ1n) is 8.25.